The van der Waals surface area contributed by atoms with Gasteiger partial charge in [0.05, 0.1) is 11.4 Å². The highest BCUT2D eigenvalue weighted by Crippen LogP contribution is 2.22. The Morgan fingerprint density at radius 3 is 2.75 bits per heavy atom. The Kier molecular flexibility index (Phi) is 2.54. The molecule has 0 bridgehead atoms. The zero-order chi connectivity index (χ0) is 9.14. The number of benzene rings is 1. The third-order valence-corrected chi connectivity index (χ3v) is 1.75. The van der Waals surface area contributed by atoms with E-state index >= 15 is 0 Å². The first-order valence-electron chi connectivity index (χ1n) is 3.14. The summed E-state index contributed by atoms with van der Waals surface area (Å²) in [5.41, 5.74) is 6.30. The molecule has 0 aliphatic heterocycles. The van der Waals surface area contributed by atoms with Crippen molar-refractivity contribution in [2.45, 2.75) is 0 Å². The fourth-order valence-electron chi connectivity index (χ4n) is 0.763. The van der Waals surface area contributed by atoms with E-state index in [-0.39, 0.29) is 0 Å². The van der Waals surface area contributed by atoms with Crippen LogP contribution in [0.5, 0.6) is 0 Å². The average Bonchev–Trinajstić information content (AvgIpc) is 1.94. The summed E-state index contributed by atoms with van der Waals surface area (Å²) < 4.78 is 0.816. The Balaban J connectivity index is 2.93. The van der Waals surface area contributed by atoms with E-state index in [2.05, 4.69) is 21.2 Å². The van der Waals surface area contributed by atoms with Crippen LogP contribution in [0, 0.1) is 0 Å². The standard InChI is InChI=1S/C7H7BrN2O2/c8-4-1-2-6(5(9)3-4)10-7(11)12/h1-3,10H,9H2,(H,11,12). The van der Waals surface area contributed by atoms with Crippen LogP contribution in [0.2, 0.25) is 0 Å². The molecule has 4 N–H and O–H groups in total. The van der Waals surface area contributed by atoms with Crippen LogP contribution >= 0.6 is 15.9 Å². The Morgan fingerprint density at radius 1 is 1.58 bits per heavy atom. The lowest BCUT2D eigenvalue weighted by Gasteiger charge is -2.04. The van der Waals surface area contributed by atoms with Crippen LogP contribution in [0.3, 0.4) is 0 Å². The molecular formula is C7H7BrN2O2. The van der Waals surface area contributed by atoms with Crippen LogP contribution in [0.25, 0.3) is 0 Å². The first kappa shape index (κ1) is 8.86. The van der Waals surface area contributed by atoms with Crippen molar-refractivity contribution in [2.24, 2.45) is 0 Å². The second-order valence-electron chi connectivity index (χ2n) is 2.16. The van der Waals surface area contributed by atoms with Gasteiger partial charge in [-0.2, -0.15) is 0 Å². The quantitative estimate of drug-likeness (QED) is 0.648. The molecular weight excluding hydrogens is 224 g/mol. The molecule has 0 aromatic heterocycles. The summed E-state index contributed by atoms with van der Waals surface area (Å²) in [5.74, 6) is 0. The predicted octanol–water partition coefficient (Wildman–Crippen LogP) is 2.12. The van der Waals surface area contributed by atoms with E-state index in [1.165, 1.54) is 0 Å². The molecule has 0 unspecified atom stereocenters. The molecule has 0 fully saturated rings. The fourth-order valence-corrected chi connectivity index (χ4v) is 1.14. The number of hydrogen-bond donors (Lipinski definition) is 3. The van der Waals surface area contributed by atoms with Crippen LogP contribution in [-0.4, -0.2) is 11.2 Å². The van der Waals surface area contributed by atoms with E-state index < -0.39 is 6.09 Å². The smallest absolute Gasteiger partial charge is 0.409 e. The lowest BCUT2D eigenvalue weighted by molar-refractivity contribution is 0.210. The maximum atomic E-state index is 10.2. The molecule has 0 aliphatic rings. The maximum Gasteiger partial charge on any atom is 0.409 e. The van der Waals surface area contributed by atoms with Gasteiger partial charge in [-0.05, 0) is 18.2 Å². The van der Waals surface area contributed by atoms with Gasteiger partial charge in [-0.3, -0.25) is 5.32 Å². The molecule has 1 aromatic carbocycles. The molecule has 12 heavy (non-hydrogen) atoms. The number of nitrogens with two attached hydrogens (primary N) is 1. The molecule has 64 valence electrons. The van der Waals surface area contributed by atoms with E-state index in [1.807, 2.05) is 0 Å². The van der Waals surface area contributed by atoms with Crippen LogP contribution in [-0.2, 0) is 0 Å². The minimum absolute atomic E-state index is 0.394. The lowest BCUT2D eigenvalue weighted by Crippen LogP contribution is -2.08. The summed E-state index contributed by atoms with van der Waals surface area (Å²) in [6, 6.07) is 4.93. The van der Waals surface area contributed by atoms with Gasteiger partial charge in [0.1, 0.15) is 0 Å². The van der Waals surface area contributed by atoms with Crippen LogP contribution in [0.1, 0.15) is 0 Å². The van der Waals surface area contributed by atoms with Crippen molar-refractivity contribution in [3.8, 4) is 0 Å². The largest absolute Gasteiger partial charge is 0.465 e. The summed E-state index contributed by atoms with van der Waals surface area (Å²) >= 11 is 3.21. The van der Waals surface area contributed by atoms with Crippen molar-refractivity contribution in [1.29, 1.82) is 0 Å². The van der Waals surface area contributed by atoms with Crippen molar-refractivity contribution in [2.75, 3.05) is 11.1 Å². The molecule has 0 atom stereocenters. The zero-order valence-electron chi connectivity index (χ0n) is 6.04. The highest BCUT2D eigenvalue weighted by molar-refractivity contribution is 9.10. The number of carbonyl (C=O) groups is 1. The van der Waals surface area contributed by atoms with Gasteiger partial charge in [-0.1, -0.05) is 15.9 Å². The fraction of sp³-hybridized carbons (Fsp3) is 0. The van der Waals surface area contributed by atoms with E-state index in [0.717, 1.165) is 4.47 Å². The minimum atomic E-state index is -1.12. The molecule has 1 amide bonds. The van der Waals surface area contributed by atoms with Gasteiger partial charge in [0, 0.05) is 4.47 Å². The van der Waals surface area contributed by atoms with Crippen LogP contribution in [0.15, 0.2) is 22.7 Å². The number of nitrogens with one attached hydrogen (secondary N) is 1. The highest BCUT2D eigenvalue weighted by Gasteiger charge is 2.01. The first-order chi connectivity index (χ1) is 5.59. The molecule has 1 aromatic rings. The number of carboxylic acid groups (broad SMARTS) is 1. The number of amides is 1. The summed E-state index contributed by atoms with van der Waals surface area (Å²) in [7, 11) is 0. The van der Waals surface area contributed by atoms with Crippen molar-refractivity contribution in [3.05, 3.63) is 22.7 Å². The maximum absolute atomic E-state index is 10.2. The summed E-state index contributed by atoms with van der Waals surface area (Å²) in [4.78, 5) is 10.2. The van der Waals surface area contributed by atoms with Gasteiger partial charge in [0.25, 0.3) is 0 Å². The number of rotatable bonds is 1. The van der Waals surface area contributed by atoms with Crippen molar-refractivity contribution >= 4 is 33.4 Å². The van der Waals surface area contributed by atoms with Gasteiger partial charge in [0.2, 0.25) is 0 Å². The third kappa shape index (κ3) is 2.13. The molecule has 0 aliphatic carbocycles. The normalized spacial score (nSPS) is 9.42. The predicted molar refractivity (Wildman–Crippen MR) is 50.2 cm³/mol. The van der Waals surface area contributed by atoms with Gasteiger partial charge < -0.3 is 10.8 Å². The summed E-state index contributed by atoms with van der Waals surface area (Å²) in [6.45, 7) is 0. The third-order valence-electron chi connectivity index (χ3n) is 1.26. The highest BCUT2D eigenvalue weighted by atomic mass is 79.9. The van der Waals surface area contributed by atoms with E-state index in [9.17, 15) is 4.79 Å². The average molecular weight is 231 g/mol. The monoisotopic (exact) mass is 230 g/mol. The molecule has 0 spiro atoms. The molecule has 4 nitrogen and oxygen atoms in total. The van der Waals surface area contributed by atoms with Crippen molar-refractivity contribution in [3.63, 3.8) is 0 Å². The topological polar surface area (TPSA) is 75.3 Å². The van der Waals surface area contributed by atoms with E-state index in [1.54, 1.807) is 18.2 Å². The second-order valence-corrected chi connectivity index (χ2v) is 3.08. The van der Waals surface area contributed by atoms with Crippen molar-refractivity contribution < 1.29 is 9.90 Å². The Bertz CT molecular complexity index is 314. The Morgan fingerprint density at radius 2 is 2.25 bits per heavy atom. The Labute approximate surface area is 77.5 Å². The molecule has 0 radical (unpaired) electrons. The van der Waals surface area contributed by atoms with Crippen molar-refractivity contribution in [1.82, 2.24) is 0 Å². The second kappa shape index (κ2) is 3.44. The first-order valence-corrected chi connectivity index (χ1v) is 3.94. The number of hydrogen-bond acceptors (Lipinski definition) is 2. The molecule has 0 heterocycles. The zero-order valence-corrected chi connectivity index (χ0v) is 7.63. The molecule has 1 rings (SSSR count). The number of halogens is 1. The lowest BCUT2D eigenvalue weighted by atomic mass is 10.3. The molecule has 5 heteroatoms. The SMILES string of the molecule is Nc1cc(Br)ccc1NC(=O)O. The minimum Gasteiger partial charge on any atom is -0.465 e. The van der Waals surface area contributed by atoms with Gasteiger partial charge >= 0.3 is 6.09 Å². The van der Waals surface area contributed by atoms with E-state index in [0.29, 0.717) is 11.4 Å². The van der Waals surface area contributed by atoms with Gasteiger partial charge in [-0.25, -0.2) is 4.79 Å². The van der Waals surface area contributed by atoms with E-state index in [4.69, 9.17) is 10.8 Å². The Hall–Kier alpha value is -1.23. The summed E-state index contributed by atoms with van der Waals surface area (Å²) in [5, 5.41) is 10.6. The summed E-state index contributed by atoms with van der Waals surface area (Å²) in [6.07, 6.45) is -1.12. The van der Waals surface area contributed by atoms with Crippen LogP contribution < -0.4 is 11.1 Å². The number of anilines is 2. The molecule has 0 saturated carbocycles. The molecule has 0 saturated heterocycles. The van der Waals surface area contributed by atoms with Gasteiger partial charge in [0.15, 0.2) is 0 Å². The number of nitrogen functional groups attached to an aromatic ring is 1. The van der Waals surface area contributed by atoms with Crippen LogP contribution in [0.4, 0.5) is 16.2 Å². The van der Waals surface area contributed by atoms with Gasteiger partial charge in [-0.15, -0.1) is 0 Å².